The zero-order valence-electron chi connectivity index (χ0n) is 29.8. The van der Waals surface area contributed by atoms with E-state index in [4.69, 9.17) is 15.0 Å². The Morgan fingerprint density at radius 1 is 0.273 bits per heavy atom. The lowest BCUT2D eigenvalue weighted by molar-refractivity contribution is 1.07. The van der Waals surface area contributed by atoms with Gasteiger partial charge < -0.3 is 0 Å². The SMILES string of the molecule is c1ccc(-c2ccc(-c3ccccc3-c3nc(-c4cccc(-c5cccc6c5sc5ccccc56)c4)nc(-c4ccccc4-c4ccccc4)n3)cc2)cc1. The van der Waals surface area contributed by atoms with Crippen LogP contribution in [0.25, 0.3) is 98.8 Å². The molecule has 2 heterocycles. The predicted octanol–water partition coefficient (Wildman–Crippen LogP) is 13.9. The minimum Gasteiger partial charge on any atom is -0.208 e. The van der Waals surface area contributed by atoms with E-state index in [1.165, 1.54) is 36.9 Å². The molecule has 55 heavy (non-hydrogen) atoms. The van der Waals surface area contributed by atoms with Gasteiger partial charge in [-0.05, 0) is 56.6 Å². The Morgan fingerprint density at radius 2 is 0.709 bits per heavy atom. The van der Waals surface area contributed by atoms with Crippen molar-refractivity contribution in [3.8, 4) is 78.7 Å². The van der Waals surface area contributed by atoms with Crippen molar-refractivity contribution in [1.29, 1.82) is 0 Å². The van der Waals surface area contributed by atoms with Crippen LogP contribution in [0, 0.1) is 0 Å². The van der Waals surface area contributed by atoms with E-state index in [9.17, 15) is 0 Å². The number of thiophene rings is 1. The summed E-state index contributed by atoms with van der Waals surface area (Å²) in [4.78, 5) is 15.8. The molecule has 10 rings (SSSR count). The molecule has 2 aromatic heterocycles. The van der Waals surface area contributed by atoms with E-state index in [1.54, 1.807) is 0 Å². The van der Waals surface area contributed by atoms with Crippen molar-refractivity contribution in [3.05, 3.63) is 200 Å². The quantitative estimate of drug-likeness (QED) is 0.165. The average molecular weight is 720 g/mol. The highest BCUT2D eigenvalue weighted by molar-refractivity contribution is 7.26. The van der Waals surface area contributed by atoms with Gasteiger partial charge in [0.25, 0.3) is 0 Å². The highest BCUT2D eigenvalue weighted by Crippen LogP contribution is 2.41. The van der Waals surface area contributed by atoms with E-state index in [1.807, 2.05) is 23.5 Å². The van der Waals surface area contributed by atoms with Gasteiger partial charge in [-0.15, -0.1) is 11.3 Å². The fraction of sp³-hybridized carbons (Fsp3) is 0. The topological polar surface area (TPSA) is 38.7 Å². The first-order valence-corrected chi connectivity index (χ1v) is 19.3. The number of aromatic nitrogens is 3. The van der Waals surface area contributed by atoms with Gasteiger partial charge in [0.2, 0.25) is 0 Å². The van der Waals surface area contributed by atoms with E-state index in [-0.39, 0.29) is 0 Å². The Balaban J connectivity index is 1.14. The molecule has 0 bridgehead atoms. The minimum absolute atomic E-state index is 0.627. The molecular formula is C51H33N3S. The van der Waals surface area contributed by atoms with Crippen LogP contribution < -0.4 is 0 Å². The third-order valence-corrected chi connectivity index (χ3v) is 11.4. The van der Waals surface area contributed by atoms with E-state index < -0.39 is 0 Å². The Kier molecular flexibility index (Phi) is 8.36. The summed E-state index contributed by atoms with van der Waals surface area (Å²) in [6.45, 7) is 0. The number of benzene rings is 8. The van der Waals surface area contributed by atoms with Gasteiger partial charge in [0.1, 0.15) is 0 Å². The molecule has 258 valence electrons. The number of fused-ring (bicyclic) bond motifs is 3. The van der Waals surface area contributed by atoms with E-state index in [0.717, 1.165) is 44.5 Å². The molecule has 0 amide bonds. The Labute approximate surface area is 323 Å². The average Bonchev–Trinajstić information content (AvgIpc) is 3.66. The van der Waals surface area contributed by atoms with Gasteiger partial charge in [-0.1, -0.05) is 188 Å². The molecule has 0 aliphatic carbocycles. The largest absolute Gasteiger partial charge is 0.208 e. The van der Waals surface area contributed by atoms with Crippen molar-refractivity contribution in [2.24, 2.45) is 0 Å². The minimum atomic E-state index is 0.627. The second-order valence-corrected chi connectivity index (χ2v) is 14.6. The first-order chi connectivity index (χ1) is 27.3. The van der Waals surface area contributed by atoms with Crippen molar-refractivity contribution in [2.45, 2.75) is 0 Å². The lowest BCUT2D eigenvalue weighted by Crippen LogP contribution is -2.02. The molecule has 0 N–H and O–H groups in total. The third-order valence-electron chi connectivity index (χ3n) is 10.2. The Bertz CT molecular complexity index is 2970. The molecule has 8 aromatic carbocycles. The summed E-state index contributed by atoms with van der Waals surface area (Å²) in [6.07, 6.45) is 0. The van der Waals surface area contributed by atoms with Crippen LogP contribution in [0.3, 0.4) is 0 Å². The molecule has 0 atom stereocenters. The number of hydrogen-bond acceptors (Lipinski definition) is 4. The summed E-state index contributed by atoms with van der Waals surface area (Å²) < 4.78 is 2.57. The molecule has 0 radical (unpaired) electrons. The van der Waals surface area contributed by atoms with Gasteiger partial charge in [-0.25, -0.2) is 15.0 Å². The zero-order chi connectivity index (χ0) is 36.6. The second kappa shape index (κ2) is 14.1. The van der Waals surface area contributed by atoms with Crippen molar-refractivity contribution in [1.82, 2.24) is 15.0 Å². The number of hydrogen-bond donors (Lipinski definition) is 0. The van der Waals surface area contributed by atoms with Crippen LogP contribution in [-0.2, 0) is 0 Å². The highest BCUT2D eigenvalue weighted by Gasteiger charge is 2.19. The van der Waals surface area contributed by atoms with Crippen LogP contribution in [0.15, 0.2) is 200 Å². The maximum atomic E-state index is 5.27. The summed E-state index contributed by atoms with van der Waals surface area (Å²) in [6, 6.07) is 70.3. The Morgan fingerprint density at radius 3 is 1.40 bits per heavy atom. The highest BCUT2D eigenvalue weighted by atomic mass is 32.1. The summed E-state index contributed by atoms with van der Waals surface area (Å²) in [5.74, 6) is 1.88. The first-order valence-electron chi connectivity index (χ1n) is 18.4. The standard InChI is InChI=1S/C51H33N3S/c1-3-15-34(16-4-1)35-29-31-37(32-30-35)41-22-8-10-25-46(41)51-53-49(52-50(54-51)45-24-9-7-21-40(45)36-17-5-2-6-18-36)39-20-13-19-38(33-39)42-26-14-27-44-43-23-11-12-28-47(43)55-48(42)44/h1-33H. The van der Waals surface area contributed by atoms with Gasteiger partial charge >= 0.3 is 0 Å². The molecule has 3 nitrogen and oxygen atoms in total. The first kappa shape index (κ1) is 32.6. The molecule has 4 heteroatoms. The molecule has 0 saturated carbocycles. The molecule has 0 aliphatic heterocycles. The van der Waals surface area contributed by atoms with Gasteiger partial charge in [-0.3, -0.25) is 0 Å². The summed E-state index contributed by atoms with van der Waals surface area (Å²) in [5, 5.41) is 2.57. The number of nitrogens with zero attached hydrogens (tertiary/aromatic N) is 3. The molecule has 0 aliphatic rings. The van der Waals surface area contributed by atoms with Gasteiger partial charge in [-0.2, -0.15) is 0 Å². The second-order valence-electron chi connectivity index (χ2n) is 13.6. The lowest BCUT2D eigenvalue weighted by Gasteiger charge is -2.14. The van der Waals surface area contributed by atoms with E-state index in [0.29, 0.717) is 17.5 Å². The fourth-order valence-electron chi connectivity index (χ4n) is 7.50. The van der Waals surface area contributed by atoms with Gasteiger partial charge in [0.15, 0.2) is 17.5 Å². The van der Waals surface area contributed by atoms with E-state index >= 15 is 0 Å². The maximum absolute atomic E-state index is 5.27. The smallest absolute Gasteiger partial charge is 0.164 e. The Hall–Kier alpha value is -7.01. The van der Waals surface area contributed by atoms with Crippen LogP contribution in [0.1, 0.15) is 0 Å². The molecular weight excluding hydrogens is 687 g/mol. The van der Waals surface area contributed by atoms with Crippen molar-refractivity contribution >= 4 is 31.5 Å². The normalized spacial score (nSPS) is 11.3. The van der Waals surface area contributed by atoms with Crippen LogP contribution in [0.2, 0.25) is 0 Å². The molecule has 0 unspecified atom stereocenters. The third kappa shape index (κ3) is 6.19. The fourth-order valence-corrected chi connectivity index (χ4v) is 8.73. The summed E-state index contributed by atoms with van der Waals surface area (Å²) in [5.41, 5.74) is 11.9. The number of rotatable bonds is 7. The molecule has 0 spiro atoms. The summed E-state index contributed by atoms with van der Waals surface area (Å²) in [7, 11) is 0. The maximum Gasteiger partial charge on any atom is 0.164 e. The van der Waals surface area contributed by atoms with Crippen LogP contribution in [-0.4, -0.2) is 15.0 Å². The molecule has 0 saturated heterocycles. The van der Waals surface area contributed by atoms with Crippen molar-refractivity contribution in [2.75, 3.05) is 0 Å². The zero-order valence-corrected chi connectivity index (χ0v) is 30.6. The van der Waals surface area contributed by atoms with Crippen molar-refractivity contribution in [3.63, 3.8) is 0 Å². The van der Waals surface area contributed by atoms with Crippen molar-refractivity contribution < 1.29 is 0 Å². The van der Waals surface area contributed by atoms with Gasteiger partial charge in [0.05, 0.1) is 0 Å². The lowest BCUT2D eigenvalue weighted by atomic mass is 9.96. The monoisotopic (exact) mass is 719 g/mol. The molecule has 0 fully saturated rings. The van der Waals surface area contributed by atoms with Crippen LogP contribution in [0.5, 0.6) is 0 Å². The molecule has 10 aromatic rings. The summed E-state index contributed by atoms with van der Waals surface area (Å²) >= 11 is 1.84. The van der Waals surface area contributed by atoms with E-state index in [2.05, 4.69) is 188 Å². The van der Waals surface area contributed by atoms with Crippen LogP contribution in [0.4, 0.5) is 0 Å². The van der Waals surface area contributed by atoms with Crippen LogP contribution >= 0.6 is 11.3 Å². The van der Waals surface area contributed by atoms with Gasteiger partial charge in [0, 0.05) is 36.9 Å². The predicted molar refractivity (Wildman–Crippen MR) is 231 cm³/mol.